The van der Waals surface area contributed by atoms with Gasteiger partial charge in [-0.1, -0.05) is 15.9 Å². The number of hydrogen-bond donors (Lipinski definition) is 1. The highest BCUT2D eigenvalue weighted by atomic mass is 79.9. The van der Waals surface area contributed by atoms with Crippen molar-refractivity contribution in [1.82, 2.24) is 19.4 Å². The zero-order valence-electron chi connectivity index (χ0n) is 12.6. The lowest BCUT2D eigenvalue weighted by Crippen LogP contribution is -1.92. The fourth-order valence-electron chi connectivity index (χ4n) is 2.40. The molecule has 3 heterocycles. The molecule has 0 amide bonds. The topological polar surface area (TPSA) is 55.1 Å². The molecule has 4 rings (SSSR count). The Labute approximate surface area is 161 Å². The van der Waals surface area contributed by atoms with E-state index in [1.165, 1.54) is 0 Å². The SMILES string of the molecule is Br.Cc1nc2ncccn2c1-c1csc(Nc2ccc(Br)cc2)n1. The molecule has 1 aromatic carbocycles. The molecule has 0 saturated carbocycles. The predicted octanol–water partition coefficient (Wildman–Crippen LogP) is 5.25. The van der Waals surface area contributed by atoms with E-state index in [2.05, 4.69) is 36.2 Å². The molecule has 0 aliphatic heterocycles. The zero-order valence-corrected chi connectivity index (χ0v) is 16.7. The molecule has 122 valence electrons. The second-order valence-corrected chi connectivity index (χ2v) is 6.78. The highest BCUT2D eigenvalue weighted by molar-refractivity contribution is 9.10. The first-order chi connectivity index (χ1) is 11.2. The van der Waals surface area contributed by atoms with E-state index in [0.29, 0.717) is 5.78 Å². The lowest BCUT2D eigenvalue weighted by Gasteiger charge is -2.02. The molecule has 4 aromatic rings. The first-order valence-corrected chi connectivity index (χ1v) is 8.66. The number of aromatic nitrogens is 4. The van der Waals surface area contributed by atoms with E-state index < -0.39 is 0 Å². The lowest BCUT2D eigenvalue weighted by atomic mass is 10.3. The van der Waals surface area contributed by atoms with E-state index in [0.717, 1.165) is 32.4 Å². The third-order valence-electron chi connectivity index (χ3n) is 3.42. The fraction of sp³-hybridized carbons (Fsp3) is 0.0625. The van der Waals surface area contributed by atoms with Crippen LogP contribution in [0.2, 0.25) is 0 Å². The molecule has 0 unspecified atom stereocenters. The van der Waals surface area contributed by atoms with Crippen LogP contribution in [0.4, 0.5) is 10.8 Å². The minimum atomic E-state index is 0. The second kappa shape index (κ2) is 7.00. The standard InChI is InChI=1S/C16H12BrN5S.BrH/c1-10-14(22-8-2-7-18-15(22)19-10)13-9-23-16(21-13)20-12-5-3-11(17)4-6-12;/h2-9H,1H3,(H,20,21);1H. The van der Waals surface area contributed by atoms with Crippen molar-refractivity contribution in [3.05, 3.63) is 58.3 Å². The number of fused-ring (bicyclic) bond motifs is 1. The molecule has 0 aliphatic rings. The average molecular weight is 467 g/mol. The van der Waals surface area contributed by atoms with E-state index in [-0.39, 0.29) is 17.0 Å². The van der Waals surface area contributed by atoms with Crippen LogP contribution in [-0.4, -0.2) is 19.4 Å². The van der Waals surface area contributed by atoms with Gasteiger partial charge in [-0.3, -0.25) is 4.40 Å². The van der Waals surface area contributed by atoms with Crippen molar-refractivity contribution < 1.29 is 0 Å². The number of benzene rings is 1. The van der Waals surface area contributed by atoms with Crippen LogP contribution in [-0.2, 0) is 0 Å². The van der Waals surface area contributed by atoms with Crippen LogP contribution in [0.5, 0.6) is 0 Å². The summed E-state index contributed by atoms with van der Waals surface area (Å²) in [7, 11) is 0. The van der Waals surface area contributed by atoms with E-state index >= 15 is 0 Å². The summed E-state index contributed by atoms with van der Waals surface area (Å²) in [6.07, 6.45) is 3.70. The van der Waals surface area contributed by atoms with E-state index in [1.807, 2.05) is 53.2 Å². The molecule has 0 aliphatic carbocycles. The fourth-order valence-corrected chi connectivity index (χ4v) is 3.38. The van der Waals surface area contributed by atoms with Crippen LogP contribution in [0.3, 0.4) is 0 Å². The summed E-state index contributed by atoms with van der Waals surface area (Å²) in [6, 6.07) is 9.91. The molecule has 0 atom stereocenters. The minimum Gasteiger partial charge on any atom is -0.332 e. The number of nitrogens with one attached hydrogen (secondary N) is 1. The maximum atomic E-state index is 4.69. The van der Waals surface area contributed by atoms with Crippen molar-refractivity contribution >= 4 is 60.8 Å². The Balaban J connectivity index is 0.00000169. The molecule has 0 saturated heterocycles. The average Bonchev–Trinajstić information content (AvgIpc) is 3.12. The number of halogens is 2. The molecule has 1 N–H and O–H groups in total. The number of imidazole rings is 1. The van der Waals surface area contributed by atoms with Crippen molar-refractivity contribution in [3.63, 3.8) is 0 Å². The van der Waals surface area contributed by atoms with Crippen LogP contribution < -0.4 is 5.32 Å². The van der Waals surface area contributed by atoms with Crippen LogP contribution in [0, 0.1) is 6.92 Å². The monoisotopic (exact) mass is 465 g/mol. The second-order valence-electron chi connectivity index (χ2n) is 5.01. The highest BCUT2D eigenvalue weighted by Crippen LogP contribution is 2.29. The Kier molecular flexibility index (Phi) is 4.98. The summed E-state index contributed by atoms with van der Waals surface area (Å²) in [5.74, 6) is 0.690. The Morgan fingerprint density at radius 3 is 2.75 bits per heavy atom. The van der Waals surface area contributed by atoms with Crippen molar-refractivity contribution in [2.45, 2.75) is 6.92 Å². The smallest absolute Gasteiger partial charge is 0.234 e. The number of hydrogen-bond acceptors (Lipinski definition) is 5. The number of nitrogens with zero attached hydrogens (tertiary/aromatic N) is 4. The molecule has 0 radical (unpaired) electrons. The van der Waals surface area contributed by atoms with Gasteiger partial charge < -0.3 is 5.32 Å². The Morgan fingerprint density at radius 2 is 1.96 bits per heavy atom. The van der Waals surface area contributed by atoms with E-state index in [1.54, 1.807) is 17.5 Å². The third-order valence-corrected chi connectivity index (χ3v) is 4.71. The van der Waals surface area contributed by atoms with E-state index in [9.17, 15) is 0 Å². The molecule has 0 bridgehead atoms. The predicted molar refractivity (Wildman–Crippen MR) is 107 cm³/mol. The lowest BCUT2D eigenvalue weighted by molar-refractivity contribution is 1.11. The summed E-state index contributed by atoms with van der Waals surface area (Å²) in [5, 5.41) is 6.20. The largest absolute Gasteiger partial charge is 0.332 e. The molecule has 3 aromatic heterocycles. The van der Waals surface area contributed by atoms with Gasteiger partial charge in [0.15, 0.2) is 5.13 Å². The molecule has 0 spiro atoms. The summed E-state index contributed by atoms with van der Waals surface area (Å²) < 4.78 is 3.02. The zero-order chi connectivity index (χ0) is 15.8. The summed E-state index contributed by atoms with van der Waals surface area (Å²) in [4.78, 5) is 13.5. The first kappa shape index (κ1) is 17.1. The van der Waals surface area contributed by atoms with Crippen molar-refractivity contribution in [2.75, 3.05) is 5.32 Å². The Bertz CT molecular complexity index is 978. The number of aryl methyl sites for hydroxylation is 1. The first-order valence-electron chi connectivity index (χ1n) is 6.99. The van der Waals surface area contributed by atoms with Gasteiger partial charge in [0, 0.05) is 27.9 Å². The maximum absolute atomic E-state index is 4.69. The normalized spacial score (nSPS) is 10.6. The van der Waals surface area contributed by atoms with Gasteiger partial charge in [-0.15, -0.1) is 28.3 Å². The van der Waals surface area contributed by atoms with Crippen molar-refractivity contribution in [2.24, 2.45) is 0 Å². The molecule has 5 nitrogen and oxygen atoms in total. The number of thiazole rings is 1. The minimum absolute atomic E-state index is 0. The highest BCUT2D eigenvalue weighted by Gasteiger charge is 2.14. The van der Waals surface area contributed by atoms with Gasteiger partial charge in [0.05, 0.1) is 11.4 Å². The van der Waals surface area contributed by atoms with Crippen molar-refractivity contribution in [1.29, 1.82) is 0 Å². The van der Waals surface area contributed by atoms with Gasteiger partial charge in [0.2, 0.25) is 5.78 Å². The van der Waals surface area contributed by atoms with Gasteiger partial charge in [0.25, 0.3) is 0 Å². The van der Waals surface area contributed by atoms with Crippen LogP contribution in [0.15, 0.2) is 52.6 Å². The van der Waals surface area contributed by atoms with Crippen LogP contribution >= 0.6 is 44.2 Å². The number of rotatable bonds is 3. The van der Waals surface area contributed by atoms with Gasteiger partial charge in [-0.2, -0.15) is 0 Å². The van der Waals surface area contributed by atoms with Gasteiger partial charge in [0.1, 0.15) is 5.69 Å². The van der Waals surface area contributed by atoms with E-state index in [4.69, 9.17) is 0 Å². The molecular weight excluding hydrogens is 454 g/mol. The van der Waals surface area contributed by atoms with Crippen LogP contribution in [0.25, 0.3) is 17.2 Å². The molecule has 8 heteroatoms. The number of anilines is 2. The summed E-state index contributed by atoms with van der Waals surface area (Å²) >= 11 is 5.00. The summed E-state index contributed by atoms with van der Waals surface area (Å²) in [5.41, 5.74) is 3.80. The quantitative estimate of drug-likeness (QED) is 0.448. The molecular formula is C16H13Br2N5S. The Morgan fingerprint density at radius 1 is 1.17 bits per heavy atom. The molecule has 0 fully saturated rings. The third kappa shape index (κ3) is 3.22. The van der Waals surface area contributed by atoms with Gasteiger partial charge >= 0.3 is 0 Å². The molecule has 24 heavy (non-hydrogen) atoms. The van der Waals surface area contributed by atoms with Crippen molar-refractivity contribution in [3.8, 4) is 11.4 Å². The Hall–Kier alpha value is -1.77. The van der Waals surface area contributed by atoms with Crippen LogP contribution in [0.1, 0.15) is 5.69 Å². The van der Waals surface area contributed by atoms with Gasteiger partial charge in [-0.05, 0) is 37.3 Å². The summed E-state index contributed by atoms with van der Waals surface area (Å²) in [6.45, 7) is 1.98. The maximum Gasteiger partial charge on any atom is 0.234 e. The van der Waals surface area contributed by atoms with Gasteiger partial charge in [-0.25, -0.2) is 15.0 Å².